The van der Waals surface area contributed by atoms with Crippen molar-refractivity contribution < 1.29 is 9.90 Å². The molecule has 0 spiro atoms. The first kappa shape index (κ1) is 15.6. The lowest BCUT2D eigenvalue weighted by Gasteiger charge is -2.43. The number of carbonyl (C=O) groups excluding carboxylic acids is 1. The zero-order chi connectivity index (χ0) is 15.4. The summed E-state index contributed by atoms with van der Waals surface area (Å²) in [5.74, 6) is 0. The van der Waals surface area contributed by atoms with E-state index in [1.54, 1.807) is 11.3 Å². The van der Waals surface area contributed by atoms with Gasteiger partial charge >= 0.3 is 6.03 Å². The van der Waals surface area contributed by atoms with Gasteiger partial charge in [0, 0.05) is 31.3 Å². The Hall–Kier alpha value is -1.27. The summed E-state index contributed by atoms with van der Waals surface area (Å²) in [5.41, 5.74) is -0.156. The summed E-state index contributed by atoms with van der Waals surface area (Å²) < 4.78 is 0. The van der Waals surface area contributed by atoms with Gasteiger partial charge in [-0.05, 0) is 56.0 Å². The van der Waals surface area contributed by atoms with Crippen molar-refractivity contribution in [2.45, 2.75) is 50.1 Å². The summed E-state index contributed by atoms with van der Waals surface area (Å²) in [6, 6.07) is 4.42. The second-order valence-corrected chi connectivity index (χ2v) is 7.34. The fourth-order valence-electron chi connectivity index (χ4n) is 3.41. The number of carbonyl (C=O) groups is 1. The quantitative estimate of drug-likeness (QED) is 0.779. The zero-order valence-corrected chi connectivity index (χ0v) is 13.7. The molecule has 1 saturated carbocycles. The molecule has 5 nitrogen and oxygen atoms in total. The fraction of sp³-hybridized carbons (Fsp3) is 0.688. The summed E-state index contributed by atoms with van der Waals surface area (Å²) in [4.78, 5) is 14.6. The second kappa shape index (κ2) is 6.87. The highest BCUT2D eigenvalue weighted by Crippen LogP contribution is 2.34. The van der Waals surface area contributed by atoms with E-state index in [2.05, 4.69) is 33.0 Å². The Morgan fingerprint density at radius 3 is 2.73 bits per heavy atom. The van der Waals surface area contributed by atoms with Crippen LogP contribution in [-0.2, 0) is 0 Å². The molecule has 22 heavy (non-hydrogen) atoms. The van der Waals surface area contributed by atoms with Crippen LogP contribution in [0.3, 0.4) is 0 Å². The Labute approximate surface area is 135 Å². The van der Waals surface area contributed by atoms with Crippen molar-refractivity contribution in [3.8, 4) is 0 Å². The smallest absolute Gasteiger partial charge is 0.315 e. The molecule has 0 unspecified atom stereocenters. The van der Waals surface area contributed by atoms with Crippen LogP contribution in [-0.4, -0.2) is 42.4 Å². The Balaban J connectivity index is 1.43. The van der Waals surface area contributed by atoms with Crippen LogP contribution < -0.4 is 15.5 Å². The molecule has 0 radical (unpaired) electrons. The van der Waals surface area contributed by atoms with Crippen molar-refractivity contribution in [2.24, 2.45) is 0 Å². The average Bonchev–Trinajstić information content (AvgIpc) is 3.00. The number of nitrogens with one attached hydrogen (secondary N) is 2. The Kier molecular flexibility index (Phi) is 4.88. The number of thiophene rings is 1. The third kappa shape index (κ3) is 3.55. The van der Waals surface area contributed by atoms with Crippen LogP contribution in [0.2, 0.25) is 0 Å². The standard InChI is InChI=1S/C16H25N3O2S/c20-11-8-16(6-2-7-16)18-15(21)17-13-4-9-19(10-5-13)14-3-1-12-22-14/h1,3,12-13,20H,2,4-11H2,(H2,17,18,21). The maximum atomic E-state index is 12.2. The summed E-state index contributed by atoms with van der Waals surface area (Å²) in [6.07, 6.45) is 5.74. The monoisotopic (exact) mass is 323 g/mol. The molecule has 2 fully saturated rings. The molecule has 1 saturated heterocycles. The number of anilines is 1. The zero-order valence-electron chi connectivity index (χ0n) is 12.9. The Morgan fingerprint density at radius 2 is 2.18 bits per heavy atom. The molecule has 0 bridgehead atoms. The van der Waals surface area contributed by atoms with Crippen LogP contribution in [0.25, 0.3) is 0 Å². The van der Waals surface area contributed by atoms with Crippen molar-refractivity contribution in [2.75, 3.05) is 24.6 Å². The third-order valence-electron chi connectivity index (χ3n) is 4.93. The predicted molar refractivity (Wildman–Crippen MR) is 89.5 cm³/mol. The first-order valence-corrected chi connectivity index (χ1v) is 9.07. The molecule has 3 rings (SSSR count). The van der Waals surface area contributed by atoms with Crippen LogP contribution in [0.15, 0.2) is 17.5 Å². The van der Waals surface area contributed by atoms with Crippen molar-refractivity contribution in [1.29, 1.82) is 0 Å². The Bertz CT molecular complexity index is 480. The lowest BCUT2D eigenvalue weighted by Crippen LogP contribution is -2.58. The molecular formula is C16H25N3O2S. The van der Waals surface area contributed by atoms with E-state index in [9.17, 15) is 4.79 Å². The van der Waals surface area contributed by atoms with Gasteiger partial charge in [0.2, 0.25) is 0 Å². The molecule has 3 N–H and O–H groups in total. The summed E-state index contributed by atoms with van der Waals surface area (Å²) in [6.45, 7) is 2.12. The van der Waals surface area contributed by atoms with Crippen LogP contribution in [0.5, 0.6) is 0 Å². The normalized spacial score (nSPS) is 21.2. The van der Waals surface area contributed by atoms with E-state index in [4.69, 9.17) is 5.11 Å². The van der Waals surface area contributed by atoms with Crippen LogP contribution in [0, 0.1) is 0 Å². The molecule has 2 amide bonds. The molecule has 1 aromatic heterocycles. The van der Waals surface area contributed by atoms with Crippen molar-refractivity contribution >= 4 is 22.4 Å². The molecule has 2 aliphatic rings. The van der Waals surface area contributed by atoms with E-state index in [1.165, 1.54) is 5.00 Å². The van der Waals surface area contributed by atoms with Crippen molar-refractivity contribution in [1.82, 2.24) is 10.6 Å². The minimum absolute atomic E-state index is 0.0669. The van der Waals surface area contributed by atoms with Gasteiger partial charge in [-0.2, -0.15) is 0 Å². The minimum atomic E-state index is -0.156. The fourth-order valence-corrected chi connectivity index (χ4v) is 4.20. The highest BCUT2D eigenvalue weighted by atomic mass is 32.1. The molecule has 122 valence electrons. The molecule has 6 heteroatoms. The predicted octanol–water partition coefficient (Wildman–Crippen LogP) is 2.32. The average molecular weight is 323 g/mol. The lowest BCUT2D eigenvalue weighted by atomic mass is 9.74. The van der Waals surface area contributed by atoms with Gasteiger partial charge in [0.05, 0.1) is 5.00 Å². The number of amides is 2. The number of aliphatic hydroxyl groups is 1. The third-order valence-corrected chi connectivity index (χ3v) is 5.86. The van der Waals surface area contributed by atoms with E-state index >= 15 is 0 Å². The maximum Gasteiger partial charge on any atom is 0.315 e. The van der Waals surface area contributed by atoms with Crippen LogP contribution in [0.1, 0.15) is 38.5 Å². The highest BCUT2D eigenvalue weighted by Gasteiger charge is 2.38. The molecule has 0 atom stereocenters. The van der Waals surface area contributed by atoms with E-state index in [-0.39, 0.29) is 24.2 Å². The summed E-state index contributed by atoms with van der Waals surface area (Å²) >= 11 is 1.77. The summed E-state index contributed by atoms with van der Waals surface area (Å²) in [5, 5.41) is 18.8. The van der Waals surface area contributed by atoms with Gasteiger partial charge in [-0.1, -0.05) is 0 Å². The number of hydrogen-bond donors (Lipinski definition) is 3. The lowest BCUT2D eigenvalue weighted by molar-refractivity contribution is 0.134. The Morgan fingerprint density at radius 1 is 1.41 bits per heavy atom. The SMILES string of the molecule is O=C(NC1CCN(c2cccs2)CC1)NC1(CCO)CCC1. The molecule has 2 heterocycles. The van der Waals surface area contributed by atoms with Gasteiger partial charge in [-0.3, -0.25) is 0 Å². The van der Waals surface area contributed by atoms with Crippen molar-refractivity contribution in [3.63, 3.8) is 0 Å². The van der Waals surface area contributed by atoms with E-state index in [1.807, 2.05) is 0 Å². The molecular weight excluding hydrogens is 298 g/mol. The number of aliphatic hydroxyl groups excluding tert-OH is 1. The first-order valence-electron chi connectivity index (χ1n) is 8.19. The highest BCUT2D eigenvalue weighted by molar-refractivity contribution is 7.14. The number of rotatable bonds is 5. The second-order valence-electron chi connectivity index (χ2n) is 6.42. The molecule has 0 aromatic carbocycles. The maximum absolute atomic E-state index is 12.2. The van der Waals surface area contributed by atoms with Gasteiger partial charge in [0.25, 0.3) is 0 Å². The number of hydrogen-bond acceptors (Lipinski definition) is 4. The van der Waals surface area contributed by atoms with Crippen LogP contribution >= 0.6 is 11.3 Å². The van der Waals surface area contributed by atoms with Gasteiger partial charge in [0.1, 0.15) is 0 Å². The molecule has 1 aliphatic carbocycles. The van der Waals surface area contributed by atoms with Gasteiger partial charge in [-0.25, -0.2) is 4.79 Å². The van der Waals surface area contributed by atoms with E-state index in [0.29, 0.717) is 6.42 Å². The topological polar surface area (TPSA) is 64.6 Å². The van der Waals surface area contributed by atoms with E-state index in [0.717, 1.165) is 45.2 Å². The number of urea groups is 1. The molecule has 1 aliphatic heterocycles. The number of nitrogens with zero attached hydrogens (tertiary/aromatic N) is 1. The largest absolute Gasteiger partial charge is 0.396 e. The van der Waals surface area contributed by atoms with E-state index < -0.39 is 0 Å². The summed E-state index contributed by atoms with van der Waals surface area (Å²) in [7, 11) is 0. The van der Waals surface area contributed by atoms with Gasteiger partial charge < -0.3 is 20.6 Å². The first-order chi connectivity index (χ1) is 10.7. The van der Waals surface area contributed by atoms with Crippen LogP contribution in [0.4, 0.5) is 9.80 Å². The molecule has 1 aromatic rings. The van der Waals surface area contributed by atoms with Gasteiger partial charge in [0.15, 0.2) is 0 Å². The number of piperidine rings is 1. The minimum Gasteiger partial charge on any atom is -0.396 e. The van der Waals surface area contributed by atoms with Gasteiger partial charge in [-0.15, -0.1) is 11.3 Å². The van der Waals surface area contributed by atoms with Crippen molar-refractivity contribution in [3.05, 3.63) is 17.5 Å².